The van der Waals surface area contributed by atoms with Crippen LogP contribution in [0.2, 0.25) is 0 Å². The number of hydrogen-bond acceptors (Lipinski definition) is 14. The van der Waals surface area contributed by atoms with Gasteiger partial charge in [-0.2, -0.15) is 0 Å². The van der Waals surface area contributed by atoms with Gasteiger partial charge < -0.3 is 33.7 Å². The van der Waals surface area contributed by atoms with E-state index >= 15 is 0 Å². The molecule has 1 heterocycles. The molecule has 0 saturated carbocycles. The molecule has 0 bridgehead atoms. The van der Waals surface area contributed by atoms with E-state index in [9.17, 15) is 23.7 Å². The summed E-state index contributed by atoms with van der Waals surface area (Å²) in [6, 6.07) is 33.8. The van der Waals surface area contributed by atoms with E-state index in [0.717, 1.165) is 6.92 Å². The molecule has 0 aromatic heterocycles. The number of halogens is 1. The number of carbonyl (C=O) groups excluding carboxylic acids is 4. The van der Waals surface area contributed by atoms with Crippen LogP contribution in [0.4, 0.5) is 4.79 Å². The average molecular weight is 840 g/mol. The Bertz CT molecular complexity index is 1900. The summed E-state index contributed by atoms with van der Waals surface area (Å²) in [7, 11) is -4.68. The number of phosphoric acid groups is 1. The minimum absolute atomic E-state index is 0.102. The van der Waals surface area contributed by atoms with E-state index in [0.29, 0.717) is 22.3 Å². The number of benzene rings is 4. The summed E-state index contributed by atoms with van der Waals surface area (Å²) in [6.45, 7) is -0.666. The zero-order chi connectivity index (χ0) is 41.2. The predicted octanol–water partition coefficient (Wildman–Crippen LogP) is 6.41. The van der Waals surface area contributed by atoms with Gasteiger partial charge in [-0.15, -0.1) is 11.6 Å². The van der Waals surface area contributed by atoms with Crippen LogP contribution in [0, 0.1) is 0 Å². The van der Waals surface area contributed by atoms with Gasteiger partial charge >= 0.3 is 31.8 Å². The highest BCUT2D eigenvalue weighted by Gasteiger charge is 2.50. The molecular weight excluding hydrogens is 797 g/mol. The molecule has 308 valence electrons. The SMILES string of the molecule is CC(=O)O[C@@H]1[C@@H](OP(=O)(OCc2ccccc2)OCc2ccccc2)[C@H](OC[C@H](NC(=O)OCc2ccccc2)C(=O)OCc2ccccc2)OC[C@H]1OC(=O)CCl. The third kappa shape index (κ3) is 14.4. The normalized spacial score (nSPS) is 18.3. The first-order valence-electron chi connectivity index (χ1n) is 18.1. The number of alkyl carbamates (subject to hydrolysis) is 1. The standard InChI is InChI=1S/C41H43ClNO14P/c1-29(44)55-37-35(56-36(45)22-42)28-51-40(38(37)57-58(48,53-25-32-18-10-4-11-19-32)54-26-33-20-12-5-13-21-33)50-27-34(39(46)49-23-30-14-6-2-7-15-30)43-41(47)52-24-31-16-8-3-9-17-31/h2-21,34-35,37-38,40H,22-28H2,1H3,(H,43,47)/t34-,35+,37-,38+,40+/m0/s1. The van der Waals surface area contributed by atoms with Crippen molar-refractivity contribution in [2.45, 2.75) is 64.0 Å². The molecule has 1 N–H and O–H groups in total. The molecule has 1 amide bonds. The van der Waals surface area contributed by atoms with Crippen LogP contribution in [-0.2, 0) is 87.4 Å². The Kier molecular flexibility index (Phi) is 17.2. The number of amides is 1. The lowest BCUT2D eigenvalue weighted by Crippen LogP contribution is -2.58. The van der Waals surface area contributed by atoms with E-state index in [1.165, 1.54) is 0 Å². The molecule has 5 rings (SSSR count). The van der Waals surface area contributed by atoms with Gasteiger partial charge in [0, 0.05) is 6.92 Å². The van der Waals surface area contributed by atoms with E-state index in [-0.39, 0.29) is 26.4 Å². The number of hydrogen-bond donors (Lipinski definition) is 1. The first kappa shape index (κ1) is 44.0. The van der Waals surface area contributed by atoms with E-state index in [1.807, 2.05) is 6.07 Å². The largest absolute Gasteiger partial charge is 0.476 e. The van der Waals surface area contributed by atoms with Crippen molar-refractivity contribution >= 4 is 43.4 Å². The Morgan fingerprint density at radius 1 is 0.707 bits per heavy atom. The number of nitrogens with one attached hydrogen (secondary N) is 1. The van der Waals surface area contributed by atoms with Crippen molar-refractivity contribution in [3.63, 3.8) is 0 Å². The van der Waals surface area contributed by atoms with Gasteiger partial charge in [0.2, 0.25) is 0 Å². The van der Waals surface area contributed by atoms with Crippen molar-refractivity contribution in [3.05, 3.63) is 144 Å². The minimum atomic E-state index is -4.68. The van der Waals surface area contributed by atoms with Crippen molar-refractivity contribution in [1.29, 1.82) is 0 Å². The second-order valence-corrected chi connectivity index (χ2v) is 14.5. The number of ether oxygens (including phenoxy) is 6. The van der Waals surface area contributed by atoms with Crippen molar-refractivity contribution in [2.75, 3.05) is 19.1 Å². The van der Waals surface area contributed by atoms with Crippen LogP contribution in [-0.4, -0.2) is 73.7 Å². The van der Waals surface area contributed by atoms with Crippen molar-refractivity contribution in [3.8, 4) is 0 Å². The maximum atomic E-state index is 14.6. The lowest BCUT2D eigenvalue weighted by molar-refractivity contribution is -0.274. The average Bonchev–Trinajstić information content (AvgIpc) is 3.25. The molecule has 0 radical (unpaired) electrons. The molecule has 5 atom stereocenters. The van der Waals surface area contributed by atoms with Crippen LogP contribution in [0.15, 0.2) is 121 Å². The predicted molar refractivity (Wildman–Crippen MR) is 207 cm³/mol. The quantitative estimate of drug-likeness (QED) is 0.0447. The number of alkyl halides is 1. The minimum Gasteiger partial charge on any atom is -0.459 e. The Morgan fingerprint density at radius 2 is 1.19 bits per heavy atom. The van der Waals surface area contributed by atoms with E-state index in [1.54, 1.807) is 115 Å². The monoisotopic (exact) mass is 839 g/mol. The molecule has 58 heavy (non-hydrogen) atoms. The molecule has 4 aromatic rings. The summed E-state index contributed by atoms with van der Waals surface area (Å²) in [6.07, 6.45) is -7.16. The molecule has 0 unspecified atom stereocenters. The lowest BCUT2D eigenvalue weighted by Gasteiger charge is -2.41. The second kappa shape index (κ2) is 22.7. The molecule has 1 saturated heterocycles. The highest BCUT2D eigenvalue weighted by Crippen LogP contribution is 2.53. The van der Waals surface area contributed by atoms with Crippen molar-refractivity contribution in [2.24, 2.45) is 0 Å². The fourth-order valence-electron chi connectivity index (χ4n) is 5.43. The van der Waals surface area contributed by atoms with Gasteiger partial charge in [0.25, 0.3) is 0 Å². The van der Waals surface area contributed by atoms with Gasteiger partial charge in [0.1, 0.15) is 19.1 Å². The third-order valence-corrected chi connectivity index (χ3v) is 9.84. The molecule has 17 heteroatoms. The lowest BCUT2D eigenvalue weighted by atomic mass is 10.0. The number of phosphoric ester groups is 1. The fraction of sp³-hybridized carbons (Fsp3) is 0.317. The van der Waals surface area contributed by atoms with Gasteiger partial charge in [-0.05, 0) is 22.3 Å². The summed E-state index contributed by atoms with van der Waals surface area (Å²) >= 11 is 5.72. The van der Waals surface area contributed by atoms with Crippen LogP contribution in [0.3, 0.4) is 0 Å². The van der Waals surface area contributed by atoms with Crippen molar-refractivity contribution in [1.82, 2.24) is 5.32 Å². The zero-order valence-corrected chi connectivity index (χ0v) is 33.1. The summed E-state index contributed by atoms with van der Waals surface area (Å²) < 4.78 is 66.2. The van der Waals surface area contributed by atoms with Gasteiger partial charge in [-0.3, -0.25) is 23.2 Å². The van der Waals surface area contributed by atoms with Crippen LogP contribution in [0.1, 0.15) is 29.2 Å². The molecular formula is C41H43ClNO14P. The molecule has 0 aliphatic carbocycles. The fourth-order valence-corrected chi connectivity index (χ4v) is 6.82. The maximum Gasteiger partial charge on any atom is 0.476 e. The Hall–Kier alpha value is -5.12. The van der Waals surface area contributed by atoms with Gasteiger partial charge in [0.15, 0.2) is 30.6 Å². The van der Waals surface area contributed by atoms with Crippen LogP contribution in [0.25, 0.3) is 0 Å². The number of carbonyl (C=O) groups is 4. The highest BCUT2D eigenvalue weighted by atomic mass is 35.5. The topological polar surface area (TPSA) is 180 Å². The van der Waals surface area contributed by atoms with E-state index in [2.05, 4.69) is 5.32 Å². The zero-order valence-electron chi connectivity index (χ0n) is 31.4. The maximum absolute atomic E-state index is 14.6. The van der Waals surface area contributed by atoms with Gasteiger partial charge in [-0.1, -0.05) is 121 Å². The van der Waals surface area contributed by atoms with Crippen molar-refractivity contribution < 1.29 is 65.7 Å². The van der Waals surface area contributed by atoms with E-state index in [4.69, 9.17) is 53.6 Å². The summed E-state index contributed by atoms with van der Waals surface area (Å²) in [4.78, 5) is 51.4. The summed E-state index contributed by atoms with van der Waals surface area (Å²) in [5.41, 5.74) is 2.61. The highest BCUT2D eigenvalue weighted by molar-refractivity contribution is 7.48. The summed E-state index contributed by atoms with van der Waals surface area (Å²) in [5.74, 6) is -3.16. The first-order valence-corrected chi connectivity index (χ1v) is 20.1. The molecule has 15 nitrogen and oxygen atoms in total. The molecule has 1 aliphatic heterocycles. The van der Waals surface area contributed by atoms with Crippen LogP contribution < -0.4 is 5.32 Å². The van der Waals surface area contributed by atoms with E-state index < -0.39 is 81.6 Å². The first-order chi connectivity index (χ1) is 28.1. The molecule has 1 aliphatic rings. The molecule has 0 spiro atoms. The van der Waals surface area contributed by atoms with Gasteiger partial charge in [0.05, 0.1) is 26.4 Å². The Morgan fingerprint density at radius 3 is 1.67 bits per heavy atom. The van der Waals surface area contributed by atoms with Gasteiger partial charge in [-0.25, -0.2) is 14.2 Å². The van der Waals surface area contributed by atoms with Crippen LogP contribution >= 0.6 is 19.4 Å². The Labute approximate surface area is 340 Å². The number of esters is 3. The molecule has 4 aromatic carbocycles. The van der Waals surface area contributed by atoms with Crippen LogP contribution in [0.5, 0.6) is 0 Å². The Balaban J connectivity index is 1.41. The molecule has 1 fully saturated rings. The third-order valence-electron chi connectivity index (χ3n) is 8.23. The summed E-state index contributed by atoms with van der Waals surface area (Å²) in [5, 5.41) is 2.46. The smallest absolute Gasteiger partial charge is 0.459 e. The second-order valence-electron chi connectivity index (χ2n) is 12.7. The number of rotatable bonds is 20.